The van der Waals surface area contributed by atoms with Crippen molar-refractivity contribution in [3.05, 3.63) is 65.0 Å². The molecule has 1 aliphatic heterocycles. The summed E-state index contributed by atoms with van der Waals surface area (Å²) in [7, 11) is 0. The minimum Gasteiger partial charge on any atom is -0.486 e. The maximum absolute atomic E-state index is 13.3. The first-order chi connectivity index (χ1) is 9.65. The number of hydrogen-bond acceptors (Lipinski definition) is 2. The van der Waals surface area contributed by atoms with Crippen LogP contribution in [0.15, 0.2) is 42.5 Å². The van der Waals surface area contributed by atoms with Crippen LogP contribution in [-0.2, 0) is 12.8 Å². The summed E-state index contributed by atoms with van der Waals surface area (Å²) in [4.78, 5) is 0. The van der Waals surface area contributed by atoms with E-state index in [4.69, 9.17) is 10.5 Å². The van der Waals surface area contributed by atoms with Crippen LogP contribution in [0.25, 0.3) is 0 Å². The number of rotatable bonds is 0. The summed E-state index contributed by atoms with van der Waals surface area (Å²) in [5, 5.41) is 0. The van der Waals surface area contributed by atoms with Crippen molar-refractivity contribution in [2.45, 2.75) is 30.9 Å². The van der Waals surface area contributed by atoms with Gasteiger partial charge in [-0.15, -0.1) is 0 Å². The zero-order chi connectivity index (χ0) is 13.7. The molecule has 2 nitrogen and oxygen atoms in total. The lowest BCUT2D eigenvalue weighted by Gasteiger charge is -2.38. The van der Waals surface area contributed by atoms with Crippen LogP contribution in [0.1, 0.15) is 29.2 Å². The summed E-state index contributed by atoms with van der Waals surface area (Å²) < 4.78 is 19.6. The number of halogens is 1. The number of benzene rings is 2. The molecule has 1 unspecified atom stereocenters. The molecular formula is C17H16FNO. The monoisotopic (exact) mass is 269 g/mol. The van der Waals surface area contributed by atoms with Crippen LogP contribution in [0.3, 0.4) is 0 Å². The van der Waals surface area contributed by atoms with Gasteiger partial charge in [-0.1, -0.05) is 24.3 Å². The Balaban J connectivity index is 1.73. The van der Waals surface area contributed by atoms with Gasteiger partial charge in [-0.25, -0.2) is 4.39 Å². The van der Waals surface area contributed by atoms with Gasteiger partial charge in [0, 0.05) is 30.9 Å². The van der Waals surface area contributed by atoms with Crippen molar-refractivity contribution in [3.63, 3.8) is 0 Å². The molecule has 0 amide bonds. The van der Waals surface area contributed by atoms with Crippen LogP contribution in [0.2, 0.25) is 0 Å². The van der Waals surface area contributed by atoms with Crippen molar-refractivity contribution in [1.29, 1.82) is 0 Å². The fraction of sp³-hybridized carbons (Fsp3) is 0.294. The first-order valence-electron chi connectivity index (χ1n) is 6.96. The minimum atomic E-state index is -0.256. The van der Waals surface area contributed by atoms with Gasteiger partial charge in [0.15, 0.2) is 0 Å². The van der Waals surface area contributed by atoms with Crippen LogP contribution in [-0.4, -0.2) is 5.60 Å². The van der Waals surface area contributed by atoms with Crippen LogP contribution in [0.5, 0.6) is 5.75 Å². The summed E-state index contributed by atoms with van der Waals surface area (Å²) in [5.41, 5.74) is 9.46. The van der Waals surface area contributed by atoms with Gasteiger partial charge >= 0.3 is 0 Å². The second-order valence-corrected chi connectivity index (χ2v) is 5.90. The number of fused-ring (bicyclic) bond motifs is 2. The maximum atomic E-state index is 13.3. The summed E-state index contributed by atoms with van der Waals surface area (Å²) in [6.45, 7) is 0. The molecule has 0 radical (unpaired) electrons. The normalized spacial score (nSPS) is 22.2. The Morgan fingerprint density at radius 1 is 1.10 bits per heavy atom. The summed E-state index contributed by atoms with van der Waals surface area (Å²) in [6.07, 6.45) is 2.50. The average molecular weight is 269 g/mol. The molecule has 0 bridgehead atoms. The van der Waals surface area contributed by atoms with E-state index in [0.29, 0.717) is 0 Å². The fourth-order valence-electron chi connectivity index (χ4n) is 3.56. The molecule has 0 saturated carbocycles. The molecule has 0 aromatic heterocycles. The van der Waals surface area contributed by atoms with E-state index in [-0.39, 0.29) is 17.5 Å². The second kappa shape index (κ2) is 4.06. The lowest BCUT2D eigenvalue weighted by molar-refractivity contribution is 0.0457. The van der Waals surface area contributed by atoms with Gasteiger partial charge < -0.3 is 10.5 Å². The molecule has 3 heteroatoms. The van der Waals surface area contributed by atoms with E-state index in [2.05, 4.69) is 24.3 Å². The third-order valence-electron chi connectivity index (χ3n) is 4.43. The first kappa shape index (κ1) is 11.9. The highest BCUT2D eigenvalue weighted by Gasteiger charge is 2.44. The van der Waals surface area contributed by atoms with Crippen molar-refractivity contribution in [2.24, 2.45) is 5.73 Å². The zero-order valence-electron chi connectivity index (χ0n) is 11.1. The third kappa shape index (κ3) is 1.74. The molecule has 1 spiro atoms. The van der Waals surface area contributed by atoms with E-state index >= 15 is 0 Å². The molecular weight excluding hydrogens is 253 g/mol. The van der Waals surface area contributed by atoms with Crippen LogP contribution in [0.4, 0.5) is 4.39 Å². The van der Waals surface area contributed by atoms with Crippen molar-refractivity contribution in [3.8, 4) is 5.75 Å². The first-order valence-corrected chi connectivity index (χ1v) is 6.96. The van der Waals surface area contributed by atoms with Crippen molar-refractivity contribution >= 4 is 0 Å². The molecule has 4 rings (SSSR count). The summed E-state index contributed by atoms with van der Waals surface area (Å²) in [6, 6.07) is 12.9. The molecule has 0 fully saturated rings. The molecule has 20 heavy (non-hydrogen) atoms. The Morgan fingerprint density at radius 3 is 2.50 bits per heavy atom. The van der Waals surface area contributed by atoms with Gasteiger partial charge in [-0.3, -0.25) is 0 Å². The predicted octanol–water partition coefficient (Wildman–Crippen LogP) is 3.15. The standard InChI is InChI=1S/C17H16FNO/c18-13-5-6-16-14(7-13)15(19)10-17(20-16)8-11-3-1-2-4-12(11)9-17/h1-7,15H,8-10,19H2. The highest BCUT2D eigenvalue weighted by atomic mass is 19.1. The van der Waals surface area contributed by atoms with E-state index in [0.717, 1.165) is 30.6 Å². The van der Waals surface area contributed by atoms with Crippen molar-refractivity contribution in [2.75, 3.05) is 0 Å². The highest BCUT2D eigenvalue weighted by molar-refractivity contribution is 5.43. The lowest BCUT2D eigenvalue weighted by atomic mass is 9.85. The number of hydrogen-bond donors (Lipinski definition) is 1. The highest BCUT2D eigenvalue weighted by Crippen LogP contribution is 2.45. The van der Waals surface area contributed by atoms with Crippen LogP contribution < -0.4 is 10.5 Å². The van der Waals surface area contributed by atoms with Gasteiger partial charge in [0.1, 0.15) is 17.2 Å². The van der Waals surface area contributed by atoms with Gasteiger partial charge in [-0.2, -0.15) is 0 Å². The Bertz CT molecular complexity index is 657. The van der Waals surface area contributed by atoms with Gasteiger partial charge in [0.2, 0.25) is 0 Å². The largest absolute Gasteiger partial charge is 0.486 e. The molecule has 102 valence electrons. The quantitative estimate of drug-likeness (QED) is 0.797. The zero-order valence-corrected chi connectivity index (χ0v) is 11.1. The van der Waals surface area contributed by atoms with Crippen LogP contribution in [0, 0.1) is 5.82 Å². The Kier molecular flexibility index (Phi) is 2.42. The maximum Gasteiger partial charge on any atom is 0.125 e. The smallest absolute Gasteiger partial charge is 0.125 e. The molecule has 2 N–H and O–H groups in total. The SMILES string of the molecule is NC1CC2(Cc3ccccc3C2)Oc2ccc(F)cc21. The number of ether oxygens (including phenoxy) is 1. The second-order valence-electron chi connectivity index (χ2n) is 5.90. The number of nitrogens with two attached hydrogens (primary N) is 1. The van der Waals surface area contributed by atoms with Crippen molar-refractivity contribution in [1.82, 2.24) is 0 Å². The van der Waals surface area contributed by atoms with E-state index < -0.39 is 0 Å². The fourth-order valence-corrected chi connectivity index (χ4v) is 3.56. The van der Waals surface area contributed by atoms with E-state index in [1.165, 1.54) is 23.3 Å². The Morgan fingerprint density at radius 2 is 1.80 bits per heavy atom. The Hall–Kier alpha value is -1.87. The third-order valence-corrected chi connectivity index (χ3v) is 4.43. The predicted molar refractivity (Wildman–Crippen MR) is 75.2 cm³/mol. The topological polar surface area (TPSA) is 35.2 Å². The van der Waals surface area contributed by atoms with Crippen molar-refractivity contribution < 1.29 is 9.13 Å². The molecule has 1 aliphatic carbocycles. The molecule has 2 aromatic rings. The lowest BCUT2D eigenvalue weighted by Crippen LogP contribution is -2.43. The van der Waals surface area contributed by atoms with Gasteiger partial charge in [0.05, 0.1) is 0 Å². The van der Waals surface area contributed by atoms with E-state index in [1.54, 1.807) is 6.07 Å². The molecule has 2 aliphatic rings. The van der Waals surface area contributed by atoms with Gasteiger partial charge in [0.25, 0.3) is 0 Å². The van der Waals surface area contributed by atoms with E-state index in [1.807, 2.05) is 0 Å². The molecule has 1 atom stereocenters. The van der Waals surface area contributed by atoms with Crippen LogP contribution >= 0.6 is 0 Å². The summed E-state index contributed by atoms with van der Waals surface area (Å²) >= 11 is 0. The van der Waals surface area contributed by atoms with E-state index in [9.17, 15) is 4.39 Å². The molecule has 2 aromatic carbocycles. The minimum absolute atomic E-state index is 0.163. The Labute approximate surface area is 117 Å². The molecule has 1 heterocycles. The van der Waals surface area contributed by atoms with Gasteiger partial charge in [-0.05, 0) is 29.3 Å². The average Bonchev–Trinajstić information content (AvgIpc) is 2.77. The summed E-state index contributed by atoms with van der Waals surface area (Å²) in [5.74, 6) is 0.478. The molecule has 0 saturated heterocycles.